The maximum Gasteiger partial charge on any atom is 0.339 e. The second-order valence-electron chi connectivity index (χ2n) is 20.6. The quantitative estimate of drug-likeness (QED) is 0.198. The van der Waals surface area contributed by atoms with Crippen molar-refractivity contribution in [3.05, 3.63) is 35.8 Å². The summed E-state index contributed by atoms with van der Waals surface area (Å²) < 4.78 is 32.6. The van der Waals surface area contributed by atoms with E-state index in [1.54, 1.807) is 6.26 Å². The van der Waals surface area contributed by atoms with Crippen LogP contribution in [0.3, 0.4) is 0 Å². The fourth-order valence-electron chi connectivity index (χ4n) is 15.8. The second-order valence-corrected chi connectivity index (χ2v) is 20.6. The van der Waals surface area contributed by atoms with E-state index in [2.05, 4.69) is 29.7 Å². The fourth-order valence-corrected chi connectivity index (χ4v) is 15.8. The Morgan fingerprint density at radius 2 is 1.75 bits per heavy atom. The molecule has 4 N–H and O–H groups in total. The Labute approximate surface area is 328 Å². The van der Waals surface area contributed by atoms with E-state index in [0.29, 0.717) is 55.7 Å². The van der Waals surface area contributed by atoms with Gasteiger partial charge in [0.15, 0.2) is 11.9 Å². The molecule has 5 aliphatic heterocycles. The monoisotopic (exact) mass is 774 g/mol. The Balaban J connectivity index is 0.961. The number of rotatable bonds is 4. The van der Waals surface area contributed by atoms with Gasteiger partial charge >= 0.3 is 11.9 Å². The average Bonchev–Trinajstić information content (AvgIpc) is 3.65. The van der Waals surface area contributed by atoms with E-state index in [1.165, 1.54) is 0 Å². The molecule has 3 spiro atoms. The zero-order valence-corrected chi connectivity index (χ0v) is 33.1. The fraction of sp³-hybridized carbons (Fsp3) is 0.795. The third-order valence-corrected chi connectivity index (χ3v) is 18.1. The topological polar surface area (TPSA) is 169 Å². The summed E-state index contributed by atoms with van der Waals surface area (Å²) in [4.78, 5) is 42.9. The highest BCUT2D eigenvalue weighted by atomic mass is 16.7. The van der Waals surface area contributed by atoms with E-state index in [4.69, 9.17) is 23.4 Å². The third kappa shape index (κ3) is 4.24. The number of ketones is 1. The molecule has 16 atom stereocenters. The van der Waals surface area contributed by atoms with Crippen LogP contribution in [0, 0.1) is 57.2 Å². The zero-order valence-electron chi connectivity index (χ0n) is 33.1. The molecular formula is C44H58N2O10. The minimum atomic E-state index is -1.44. The number of nitrogens with one attached hydrogen (secondary N) is 2. The van der Waals surface area contributed by atoms with Crippen LogP contribution in [0.15, 0.2) is 28.9 Å². The van der Waals surface area contributed by atoms with Crippen LogP contribution in [0.1, 0.15) is 103 Å². The van der Waals surface area contributed by atoms with Crippen LogP contribution >= 0.6 is 0 Å². The molecule has 12 heteroatoms. The maximum atomic E-state index is 15.0. The molecule has 5 aliphatic carbocycles. The van der Waals surface area contributed by atoms with Gasteiger partial charge in [0.2, 0.25) is 0 Å². The Morgan fingerprint density at radius 1 is 0.946 bits per heavy atom. The average molecular weight is 775 g/mol. The summed E-state index contributed by atoms with van der Waals surface area (Å²) in [5.74, 6) is -0.329. The first-order valence-electron chi connectivity index (χ1n) is 21.6. The van der Waals surface area contributed by atoms with Crippen molar-refractivity contribution in [3.63, 3.8) is 0 Å². The Morgan fingerprint density at radius 3 is 2.52 bits per heavy atom. The molecule has 0 aromatic carbocycles. The first-order valence-corrected chi connectivity index (χ1v) is 21.6. The smallest absolute Gasteiger partial charge is 0.339 e. The van der Waals surface area contributed by atoms with Gasteiger partial charge in [0.05, 0.1) is 35.4 Å². The van der Waals surface area contributed by atoms with Crippen LogP contribution in [0.5, 0.6) is 0 Å². The number of Topliss-reactive ketones (excluding diaryl/α,β-unsaturated/α-hetero) is 1. The molecule has 304 valence electrons. The number of aliphatic hydroxyl groups is 2. The van der Waals surface area contributed by atoms with Crippen LogP contribution in [0.2, 0.25) is 0 Å². The lowest BCUT2D eigenvalue weighted by molar-refractivity contribution is -0.264. The van der Waals surface area contributed by atoms with Gasteiger partial charge in [-0.25, -0.2) is 4.79 Å². The number of furan rings is 1. The van der Waals surface area contributed by atoms with Crippen LogP contribution in [0.25, 0.3) is 0 Å². The predicted octanol–water partition coefficient (Wildman–Crippen LogP) is 3.92. The van der Waals surface area contributed by atoms with Crippen LogP contribution in [-0.4, -0.2) is 89.4 Å². The summed E-state index contributed by atoms with van der Waals surface area (Å²) in [5.41, 5.74) is -5.19. The number of aliphatic hydroxyl groups excluding tert-OH is 2. The van der Waals surface area contributed by atoms with Gasteiger partial charge in [0, 0.05) is 47.5 Å². The van der Waals surface area contributed by atoms with Crippen molar-refractivity contribution in [2.45, 2.75) is 140 Å². The number of cyclic esters (lactones) is 2. The molecule has 5 saturated heterocycles. The van der Waals surface area contributed by atoms with Gasteiger partial charge in [-0.15, -0.1) is 0 Å². The molecule has 0 amide bonds. The molecule has 10 aliphatic rings. The highest BCUT2D eigenvalue weighted by Gasteiger charge is 2.91. The number of carbonyl (C=O) groups excluding carboxylic acids is 3. The molecule has 11 rings (SSSR count). The number of esters is 2. The van der Waals surface area contributed by atoms with E-state index in [-0.39, 0.29) is 36.1 Å². The van der Waals surface area contributed by atoms with Gasteiger partial charge in [-0.1, -0.05) is 38.8 Å². The Kier molecular flexibility index (Phi) is 7.67. The molecule has 1 aromatic heterocycles. The molecule has 4 saturated carbocycles. The Hall–Kier alpha value is -2.61. The summed E-state index contributed by atoms with van der Waals surface area (Å²) in [7, 11) is 0. The van der Waals surface area contributed by atoms with Gasteiger partial charge < -0.3 is 38.9 Å². The van der Waals surface area contributed by atoms with Crippen molar-refractivity contribution >= 4 is 17.7 Å². The zero-order chi connectivity index (χ0) is 38.8. The molecule has 12 nitrogen and oxygen atoms in total. The lowest BCUT2D eigenvalue weighted by atomic mass is 9.35. The number of ether oxygens (including phenoxy) is 4. The lowest BCUT2D eigenvalue weighted by Crippen LogP contribution is -2.77. The lowest BCUT2D eigenvalue weighted by Gasteiger charge is -2.67. The largest absolute Gasteiger partial charge is 0.469 e. The van der Waals surface area contributed by atoms with Crippen molar-refractivity contribution in [1.29, 1.82) is 0 Å². The minimum absolute atomic E-state index is 0.0391. The van der Waals surface area contributed by atoms with E-state index >= 15 is 0 Å². The molecule has 9 fully saturated rings. The number of carbonyl (C=O) groups is 3. The van der Waals surface area contributed by atoms with E-state index in [0.717, 1.165) is 50.9 Å². The normalized spacial score (nSPS) is 51.9. The molecular weight excluding hydrogens is 716 g/mol. The van der Waals surface area contributed by atoms with Crippen LogP contribution in [-0.2, 0) is 39.8 Å². The minimum Gasteiger partial charge on any atom is -0.469 e. The second kappa shape index (κ2) is 11.8. The predicted molar refractivity (Wildman–Crippen MR) is 198 cm³/mol. The van der Waals surface area contributed by atoms with Gasteiger partial charge in [-0.2, -0.15) is 0 Å². The standard InChI is InChI=1S/C44H58N2O10/c1-39(2)32-31(48)33(49)41(4)30(43(32)20-53-38(51)42(37(43)56-39)13-5-6-14-42)11-15-40(3)34(54-36(50)35-44(40,41)55-35)25-12-16-52-29(25)18-26-24-9-7-23(27-19-45-21-46-27)17-22(24)8-10-28(26)47/h7,9,12,16,22-24,26-28,30,32-35,37,45-47,49H,5-6,8,10-11,13-15,17-21H2,1-4H3/t22-,23+,24+,26-,27-,28-,30-,32+,33+,34-,35+,37-,40-,41-,43+,44+/m0/s1. The van der Waals surface area contributed by atoms with Gasteiger partial charge in [0.25, 0.3) is 0 Å². The summed E-state index contributed by atoms with van der Waals surface area (Å²) in [6, 6.07) is 2.32. The van der Waals surface area contributed by atoms with E-state index < -0.39 is 75.3 Å². The van der Waals surface area contributed by atoms with Crippen molar-refractivity contribution in [3.8, 4) is 0 Å². The van der Waals surface area contributed by atoms with Crippen molar-refractivity contribution in [2.75, 3.05) is 19.8 Å². The highest BCUT2D eigenvalue weighted by molar-refractivity contribution is 5.92. The third-order valence-electron chi connectivity index (χ3n) is 18.1. The maximum absolute atomic E-state index is 15.0. The summed E-state index contributed by atoms with van der Waals surface area (Å²) in [5, 5.41) is 31.1. The number of hydrogen-bond donors (Lipinski definition) is 4. The summed E-state index contributed by atoms with van der Waals surface area (Å²) in [6.45, 7) is 9.73. The van der Waals surface area contributed by atoms with E-state index in [9.17, 15) is 24.6 Å². The first-order chi connectivity index (χ1) is 26.7. The van der Waals surface area contributed by atoms with Crippen molar-refractivity contribution < 1.29 is 48.0 Å². The van der Waals surface area contributed by atoms with E-state index in [1.807, 2.05) is 26.8 Å². The molecule has 6 heterocycles. The SMILES string of the molecule is CC1(C)O[C@H]2C3(CCCC3)C(=O)OC[C@@]23[C@@H]1C(=O)[C@@H](O)[C@]1(C)[C@@H]3CC[C@@]2(C)[C@H](c3ccoc3C[C@H]3[C@@H]4C=C[C@@H]([C@@H]5CNCN5)C[C@@H]4CC[C@@H]3O)OC(=O)[C@H]3O[C@@]312. The van der Waals surface area contributed by atoms with Gasteiger partial charge in [-0.3, -0.25) is 14.9 Å². The highest BCUT2D eigenvalue weighted by Crippen LogP contribution is 2.81. The van der Waals surface area contributed by atoms with Crippen LogP contribution < -0.4 is 10.6 Å². The van der Waals surface area contributed by atoms with Gasteiger partial charge in [0.1, 0.15) is 30.2 Å². The molecule has 1 aromatic rings. The molecule has 0 bridgehead atoms. The summed E-state index contributed by atoms with van der Waals surface area (Å²) in [6.07, 6.45) is 9.69. The van der Waals surface area contributed by atoms with Crippen molar-refractivity contribution in [1.82, 2.24) is 10.6 Å². The van der Waals surface area contributed by atoms with Crippen LogP contribution in [0.4, 0.5) is 0 Å². The van der Waals surface area contributed by atoms with Gasteiger partial charge in [-0.05, 0) is 94.4 Å². The molecule has 0 unspecified atom stereocenters. The number of hydrogen-bond acceptors (Lipinski definition) is 12. The Bertz CT molecular complexity index is 1880. The van der Waals surface area contributed by atoms with Crippen molar-refractivity contribution in [2.24, 2.45) is 57.2 Å². The molecule has 56 heavy (non-hydrogen) atoms. The number of allylic oxidation sites excluding steroid dienone is 1. The number of epoxide rings is 1. The number of fused-ring (bicyclic) bond motifs is 3. The first kappa shape index (κ1) is 36.5. The summed E-state index contributed by atoms with van der Waals surface area (Å²) >= 11 is 0. The molecule has 0 radical (unpaired) electrons.